The molecule has 0 bridgehead atoms. The smallest absolute Gasteiger partial charge is 0.135 e. The van der Waals surface area contributed by atoms with Crippen LogP contribution in [0.3, 0.4) is 0 Å². The van der Waals surface area contributed by atoms with E-state index < -0.39 is 0 Å². The Labute approximate surface area is 295 Å². The molecule has 0 atom stereocenters. The summed E-state index contributed by atoms with van der Waals surface area (Å²) in [5.74, 6) is 1.81. The molecule has 0 N–H and O–H groups in total. The Morgan fingerprint density at radius 2 is 0.843 bits per heavy atom. The molecule has 11 rings (SSSR count). The lowest BCUT2D eigenvalue weighted by Crippen LogP contribution is -1.97. The monoisotopic (exact) mass is 646 g/mol. The average molecular weight is 647 g/mol. The zero-order chi connectivity index (χ0) is 33.5. The second kappa shape index (κ2) is 10.9. The standard InChI is InChI=1S/C50H30O/c1-2-12-31(13-3-1)34-26-35(33-24-25-47-45(29-33)43-22-10-14-32-15-11-23-48(51-47)49(32)43)28-36(27-34)44-30-46-39-18-5-4-16-37(39)38-17-6-8-20-41(38)50(46)42-21-9-7-19-40(42)44/h1-30H. The summed E-state index contributed by atoms with van der Waals surface area (Å²) in [5.41, 5.74) is 9.49. The van der Waals surface area contributed by atoms with Gasteiger partial charge in [-0.15, -0.1) is 0 Å². The number of rotatable bonds is 3. The van der Waals surface area contributed by atoms with Crippen LogP contribution in [-0.2, 0) is 0 Å². The van der Waals surface area contributed by atoms with Gasteiger partial charge < -0.3 is 4.74 Å². The molecule has 1 nitrogen and oxygen atoms in total. The van der Waals surface area contributed by atoms with Crippen molar-refractivity contribution in [3.63, 3.8) is 0 Å². The predicted molar refractivity (Wildman–Crippen MR) is 216 cm³/mol. The summed E-state index contributed by atoms with van der Waals surface area (Å²) in [6, 6.07) is 66.4. The quantitative estimate of drug-likeness (QED) is 0.174. The SMILES string of the molecule is c1ccc(-c2cc(-c3ccc4c(c3)-c3cccc5cccc(c35)O4)cc(-c3cc4c5ccccc5c5ccccc5c4c4ccccc34)c2)cc1. The van der Waals surface area contributed by atoms with Crippen LogP contribution in [0.1, 0.15) is 0 Å². The molecule has 1 aliphatic rings. The summed E-state index contributed by atoms with van der Waals surface area (Å²) in [7, 11) is 0. The van der Waals surface area contributed by atoms with Crippen molar-refractivity contribution in [2.75, 3.05) is 0 Å². The molecular formula is C50H30O. The molecule has 0 spiro atoms. The van der Waals surface area contributed by atoms with Gasteiger partial charge in [0.25, 0.3) is 0 Å². The van der Waals surface area contributed by atoms with E-state index in [1.54, 1.807) is 0 Å². The van der Waals surface area contributed by atoms with Crippen LogP contribution in [-0.4, -0.2) is 0 Å². The van der Waals surface area contributed by atoms with Gasteiger partial charge in [-0.25, -0.2) is 0 Å². The first-order valence-electron chi connectivity index (χ1n) is 17.6. The van der Waals surface area contributed by atoms with Crippen LogP contribution in [0.15, 0.2) is 182 Å². The van der Waals surface area contributed by atoms with Gasteiger partial charge in [0.05, 0.1) is 0 Å². The highest BCUT2D eigenvalue weighted by atomic mass is 16.5. The van der Waals surface area contributed by atoms with E-state index in [0.717, 1.165) is 22.6 Å². The van der Waals surface area contributed by atoms with Crippen molar-refractivity contribution in [1.29, 1.82) is 0 Å². The maximum atomic E-state index is 6.48. The van der Waals surface area contributed by atoms with E-state index in [1.165, 1.54) is 87.2 Å². The molecule has 0 fully saturated rings. The third-order valence-electron chi connectivity index (χ3n) is 10.8. The van der Waals surface area contributed by atoms with Gasteiger partial charge in [0.2, 0.25) is 0 Å². The molecular weight excluding hydrogens is 617 g/mol. The van der Waals surface area contributed by atoms with E-state index >= 15 is 0 Å². The van der Waals surface area contributed by atoms with Gasteiger partial charge in [-0.2, -0.15) is 0 Å². The first kappa shape index (κ1) is 28.2. The number of benzene rings is 10. The fourth-order valence-electron chi connectivity index (χ4n) is 8.50. The highest BCUT2D eigenvalue weighted by molar-refractivity contribution is 6.33. The molecule has 0 aliphatic carbocycles. The summed E-state index contributed by atoms with van der Waals surface area (Å²) in [4.78, 5) is 0. The Hall–Kier alpha value is -6.70. The lowest BCUT2D eigenvalue weighted by molar-refractivity contribution is 0.487. The maximum absolute atomic E-state index is 6.48. The van der Waals surface area contributed by atoms with Crippen molar-refractivity contribution < 1.29 is 4.74 Å². The molecule has 1 heteroatoms. The van der Waals surface area contributed by atoms with E-state index in [2.05, 4.69) is 182 Å². The van der Waals surface area contributed by atoms with Crippen molar-refractivity contribution in [2.45, 2.75) is 0 Å². The van der Waals surface area contributed by atoms with E-state index in [4.69, 9.17) is 4.74 Å². The minimum absolute atomic E-state index is 0.893. The summed E-state index contributed by atoms with van der Waals surface area (Å²) in [5, 5.41) is 12.6. The van der Waals surface area contributed by atoms with Crippen LogP contribution < -0.4 is 4.74 Å². The minimum Gasteiger partial charge on any atom is -0.456 e. The third-order valence-corrected chi connectivity index (χ3v) is 10.8. The lowest BCUT2D eigenvalue weighted by atomic mass is 9.86. The topological polar surface area (TPSA) is 9.23 Å². The molecule has 0 saturated carbocycles. The lowest BCUT2D eigenvalue weighted by Gasteiger charge is -2.22. The molecule has 51 heavy (non-hydrogen) atoms. The molecule has 10 aromatic rings. The number of ether oxygens (including phenoxy) is 1. The summed E-state index contributed by atoms with van der Waals surface area (Å²) >= 11 is 0. The Bertz CT molecular complexity index is 3040. The van der Waals surface area contributed by atoms with Gasteiger partial charge in [-0.05, 0) is 130 Å². The Balaban J connectivity index is 1.20. The highest BCUT2D eigenvalue weighted by Gasteiger charge is 2.21. The molecule has 1 aliphatic heterocycles. The van der Waals surface area contributed by atoms with Crippen molar-refractivity contribution >= 4 is 53.9 Å². The fourth-order valence-corrected chi connectivity index (χ4v) is 8.50. The van der Waals surface area contributed by atoms with Crippen molar-refractivity contribution in [3.8, 4) is 56.0 Å². The van der Waals surface area contributed by atoms with E-state index in [1.807, 2.05) is 0 Å². The summed E-state index contributed by atoms with van der Waals surface area (Å²) in [6.07, 6.45) is 0. The van der Waals surface area contributed by atoms with E-state index in [-0.39, 0.29) is 0 Å². The fraction of sp³-hybridized carbons (Fsp3) is 0. The number of hydrogen-bond acceptors (Lipinski definition) is 1. The van der Waals surface area contributed by atoms with Crippen molar-refractivity contribution in [1.82, 2.24) is 0 Å². The van der Waals surface area contributed by atoms with Crippen LogP contribution in [0.5, 0.6) is 11.5 Å². The third kappa shape index (κ3) is 4.28. The van der Waals surface area contributed by atoms with Gasteiger partial charge in [0, 0.05) is 10.9 Å². The van der Waals surface area contributed by atoms with Gasteiger partial charge in [0.15, 0.2) is 0 Å². The Morgan fingerprint density at radius 1 is 0.255 bits per heavy atom. The molecule has 0 aromatic heterocycles. The van der Waals surface area contributed by atoms with Crippen molar-refractivity contribution in [2.24, 2.45) is 0 Å². The van der Waals surface area contributed by atoms with Crippen LogP contribution in [0.2, 0.25) is 0 Å². The molecule has 0 saturated heterocycles. The summed E-state index contributed by atoms with van der Waals surface area (Å²) in [6.45, 7) is 0. The zero-order valence-electron chi connectivity index (χ0n) is 27.7. The molecule has 0 radical (unpaired) electrons. The van der Waals surface area contributed by atoms with Gasteiger partial charge in [-0.3, -0.25) is 0 Å². The number of fused-ring (bicyclic) bond motifs is 10. The number of hydrogen-bond donors (Lipinski definition) is 0. The largest absolute Gasteiger partial charge is 0.456 e. The van der Waals surface area contributed by atoms with Crippen LogP contribution >= 0.6 is 0 Å². The van der Waals surface area contributed by atoms with Crippen LogP contribution in [0.4, 0.5) is 0 Å². The molecule has 0 unspecified atom stereocenters. The van der Waals surface area contributed by atoms with Gasteiger partial charge in [0.1, 0.15) is 11.5 Å². The Kier molecular flexibility index (Phi) is 6.02. The van der Waals surface area contributed by atoms with E-state index in [9.17, 15) is 0 Å². The maximum Gasteiger partial charge on any atom is 0.135 e. The first-order chi connectivity index (χ1) is 25.3. The molecule has 10 aromatic carbocycles. The second-order valence-corrected chi connectivity index (χ2v) is 13.6. The van der Waals surface area contributed by atoms with Gasteiger partial charge in [-0.1, -0.05) is 140 Å². The first-order valence-corrected chi connectivity index (χ1v) is 17.6. The van der Waals surface area contributed by atoms with Crippen molar-refractivity contribution in [3.05, 3.63) is 182 Å². The zero-order valence-corrected chi connectivity index (χ0v) is 27.7. The normalized spacial score (nSPS) is 12.1. The second-order valence-electron chi connectivity index (χ2n) is 13.6. The summed E-state index contributed by atoms with van der Waals surface area (Å²) < 4.78 is 6.48. The minimum atomic E-state index is 0.893. The van der Waals surface area contributed by atoms with Crippen LogP contribution in [0, 0.1) is 0 Å². The molecule has 0 amide bonds. The van der Waals surface area contributed by atoms with Crippen LogP contribution in [0.25, 0.3) is 98.4 Å². The highest BCUT2D eigenvalue weighted by Crippen LogP contribution is 2.49. The van der Waals surface area contributed by atoms with Gasteiger partial charge >= 0.3 is 0 Å². The molecule has 236 valence electrons. The average Bonchev–Trinajstić information content (AvgIpc) is 3.20. The van der Waals surface area contributed by atoms with E-state index in [0.29, 0.717) is 0 Å². The predicted octanol–water partition coefficient (Wildman–Crippen LogP) is 14.2. The molecule has 1 heterocycles. The Morgan fingerprint density at radius 3 is 1.61 bits per heavy atom.